The van der Waals surface area contributed by atoms with Crippen molar-refractivity contribution < 1.29 is 14.3 Å². The lowest BCUT2D eigenvalue weighted by molar-refractivity contribution is -0.113. The highest BCUT2D eigenvalue weighted by molar-refractivity contribution is 8.18. The van der Waals surface area contributed by atoms with Crippen LogP contribution in [0.5, 0.6) is 11.5 Å². The molecule has 0 saturated heterocycles. The molecule has 1 amide bonds. The van der Waals surface area contributed by atoms with Crippen LogP contribution in [0.25, 0.3) is 6.08 Å². The Hall–Kier alpha value is -3.84. The summed E-state index contributed by atoms with van der Waals surface area (Å²) in [5.41, 5.74) is 5.31. The summed E-state index contributed by atoms with van der Waals surface area (Å²) in [4.78, 5) is 17.9. The first-order valence-corrected chi connectivity index (χ1v) is 13.3. The van der Waals surface area contributed by atoms with Crippen molar-refractivity contribution in [3.05, 3.63) is 100.0 Å². The zero-order valence-corrected chi connectivity index (χ0v) is 23.1. The van der Waals surface area contributed by atoms with Crippen LogP contribution >= 0.6 is 11.8 Å². The molecule has 7 heteroatoms. The Morgan fingerprint density at radius 2 is 1.50 bits per heavy atom. The maximum Gasteiger partial charge on any atom is 0.286 e. The number of carbonyl (C=O) groups excluding carboxylic acids is 1. The standard InChI is InChI=1S/C31H31N3O3S/c1-31(2,3)23-12-6-20(7-13-23)18-28-29(35)32-30(38-28)34-27(22-10-16-25(37-5)17-11-22)19-26(33-34)21-8-14-24(36-4)15-9-21/h6-18,27H,19H2,1-5H3/b28-18-. The van der Waals surface area contributed by atoms with E-state index in [0.29, 0.717) is 16.5 Å². The van der Waals surface area contributed by atoms with Crippen LogP contribution in [0.1, 0.15) is 55.5 Å². The molecular weight excluding hydrogens is 494 g/mol. The van der Waals surface area contributed by atoms with Crippen LogP contribution in [0.15, 0.2) is 87.8 Å². The second-order valence-electron chi connectivity index (χ2n) is 10.3. The number of carbonyl (C=O) groups is 1. The molecule has 3 aromatic carbocycles. The molecule has 6 nitrogen and oxygen atoms in total. The fourth-order valence-corrected chi connectivity index (χ4v) is 5.37. The van der Waals surface area contributed by atoms with Crippen LogP contribution in [0.4, 0.5) is 0 Å². The van der Waals surface area contributed by atoms with Gasteiger partial charge in [0.05, 0.1) is 30.9 Å². The van der Waals surface area contributed by atoms with Gasteiger partial charge < -0.3 is 9.47 Å². The molecule has 2 aliphatic rings. The predicted octanol–water partition coefficient (Wildman–Crippen LogP) is 6.82. The number of amides is 1. The molecule has 0 aliphatic carbocycles. The van der Waals surface area contributed by atoms with Gasteiger partial charge in [-0.15, -0.1) is 0 Å². The Balaban J connectivity index is 1.44. The molecule has 0 bridgehead atoms. The third kappa shape index (κ3) is 5.38. The molecule has 194 valence electrons. The first-order chi connectivity index (χ1) is 18.2. The van der Waals surface area contributed by atoms with E-state index in [1.165, 1.54) is 17.3 Å². The van der Waals surface area contributed by atoms with Gasteiger partial charge in [-0.1, -0.05) is 57.2 Å². The number of amidine groups is 1. The van der Waals surface area contributed by atoms with Gasteiger partial charge in [-0.05, 0) is 81.9 Å². The Bertz CT molecular complexity index is 1420. The van der Waals surface area contributed by atoms with E-state index in [-0.39, 0.29) is 17.4 Å². The van der Waals surface area contributed by atoms with Gasteiger partial charge in [0.25, 0.3) is 5.91 Å². The van der Waals surface area contributed by atoms with Crippen molar-refractivity contribution in [1.82, 2.24) is 5.01 Å². The van der Waals surface area contributed by atoms with Gasteiger partial charge in [-0.3, -0.25) is 4.79 Å². The molecule has 2 aliphatic heterocycles. The number of hydrazone groups is 1. The van der Waals surface area contributed by atoms with E-state index in [4.69, 9.17) is 14.6 Å². The molecule has 0 aromatic heterocycles. The average molecular weight is 526 g/mol. The first-order valence-electron chi connectivity index (χ1n) is 12.5. The largest absolute Gasteiger partial charge is 0.497 e. The normalized spacial score (nSPS) is 18.6. The molecule has 0 spiro atoms. The maximum absolute atomic E-state index is 12.9. The quantitative estimate of drug-likeness (QED) is 0.342. The summed E-state index contributed by atoms with van der Waals surface area (Å²) in [6.07, 6.45) is 2.59. The number of ether oxygens (including phenoxy) is 2. The third-order valence-corrected chi connectivity index (χ3v) is 7.69. The second kappa shape index (κ2) is 10.5. The zero-order valence-electron chi connectivity index (χ0n) is 22.3. The maximum atomic E-state index is 12.9. The SMILES string of the molecule is COc1ccc(C2=NN(C3=NC(=O)/C(=C/c4ccc(C(C)(C)C)cc4)S3)C(c3ccc(OC)cc3)C2)cc1. The second-order valence-corrected chi connectivity index (χ2v) is 11.3. The van der Waals surface area contributed by atoms with Gasteiger partial charge in [0.15, 0.2) is 5.17 Å². The molecule has 0 fully saturated rings. The Labute approximate surface area is 228 Å². The number of hydrogen-bond acceptors (Lipinski definition) is 6. The van der Waals surface area contributed by atoms with Crippen molar-refractivity contribution in [2.75, 3.05) is 14.2 Å². The highest BCUT2D eigenvalue weighted by Gasteiger charge is 2.36. The van der Waals surface area contributed by atoms with Gasteiger partial charge in [-0.2, -0.15) is 10.1 Å². The lowest BCUT2D eigenvalue weighted by Gasteiger charge is -2.22. The highest BCUT2D eigenvalue weighted by atomic mass is 32.2. The number of thioether (sulfide) groups is 1. The van der Waals surface area contributed by atoms with Gasteiger partial charge >= 0.3 is 0 Å². The summed E-state index contributed by atoms with van der Waals surface area (Å²) in [5.74, 6) is 1.34. The van der Waals surface area contributed by atoms with Crippen LogP contribution in [-0.2, 0) is 10.2 Å². The topological polar surface area (TPSA) is 63.5 Å². The third-order valence-electron chi connectivity index (χ3n) is 6.71. The molecule has 5 rings (SSSR count). The highest BCUT2D eigenvalue weighted by Crippen LogP contribution is 2.40. The number of nitrogens with zero attached hydrogens (tertiary/aromatic N) is 3. The molecular formula is C31H31N3O3S. The van der Waals surface area contributed by atoms with E-state index in [2.05, 4.69) is 50.0 Å². The molecule has 1 unspecified atom stereocenters. The van der Waals surface area contributed by atoms with Gasteiger partial charge in [0, 0.05) is 6.42 Å². The van der Waals surface area contributed by atoms with E-state index >= 15 is 0 Å². The number of rotatable bonds is 5. The molecule has 0 radical (unpaired) electrons. The minimum Gasteiger partial charge on any atom is -0.497 e. The predicted molar refractivity (Wildman–Crippen MR) is 155 cm³/mol. The van der Waals surface area contributed by atoms with Crippen molar-refractivity contribution in [2.45, 2.75) is 38.6 Å². The van der Waals surface area contributed by atoms with Crippen molar-refractivity contribution in [3.8, 4) is 11.5 Å². The molecule has 1 atom stereocenters. The van der Waals surface area contributed by atoms with Crippen LogP contribution in [-0.4, -0.2) is 36.0 Å². The number of benzene rings is 3. The Kier molecular flexibility index (Phi) is 7.13. The average Bonchev–Trinajstić information content (AvgIpc) is 3.52. The summed E-state index contributed by atoms with van der Waals surface area (Å²) in [7, 11) is 3.31. The van der Waals surface area contributed by atoms with E-state index in [0.717, 1.165) is 33.9 Å². The molecule has 0 N–H and O–H groups in total. The van der Waals surface area contributed by atoms with Crippen molar-refractivity contribution in [2.24, 2.45) is 10.1 Å². The van der Waals surface area contributed by atoms with Crippen molar-refractivity contribution in [3.63, 3.8) is 0 Å². The monoisotopic (exact) mass is 525 g/mol. The van der Waals surface area contributed by atoms with Crippen molar-refractivity contribution >= 4 is 34.6 Å². The summed E-state index contributed by atoms with van der Waals surface area (Å²) in [5, 5.41) is 7.42. The zero-order chi connectivity index (χ0) is 26.9. The van der Waals surface area contributed by atoms with E-state index in [9.17, 15) is 4.79 Å². The van der Waals surface area contributed by atoms with E-state index in [1.54, 1.807) is 14.2 Å². The number of methoxy groups -OCH3 is 2. The van der Waals surface area contributed by atoms with Gasteiger partial charge in [-0.25, -0.2) is 5.01 Å². The van der Waals surface area contributed by atoms with Crippen LogP contribution < -0.4 is 9.47 Å². The molecule has 38 heavy (non-hydrogen) atoms. The van der Waals surface area contributed by atoms with Crippen LogP contribution in [0, 0.1) is 0 Å². The van der Waals surface area contributed by atoms with Crippen molar-refractivity contribution in [1.29, 1.82) is 0 Å². The summed E-state index contributed by atoms with van der Waals surface area (Å²) >= 11 is 1.37. The van der Waals surface area contributed by atoms with Gasteiger partial charge in [0.2, 0.25) is 0 Å². The lowest BCUT2D eigenvalue weighted by Crippen LogP contribution is -2.23. The lowest BCUT2D eigenvalue weighted by atomic mass is 9.87. The fourth-order valence-electron chi connectivity index (χ4n) is 4.46. The Morgan fingerprint density at radius 1 is 0.895 bits per heavy atom. The number of hydrogen-bond donors (Lipinski definition) is 0. The van der Waals surface area contributed by atoms with E-state index in [1.807, 2.05) is 59.6 Å². The van der Waals surface area contributed by atoms with Crippen LogP contribution in [0.2, 0.25) is 0 Å². The smallest absolute Gasteiger partial charge is 0.286 e. The molecule has 2 heterocycles. The molecule has 0 saturated carbocycles. The molecule has 3 aromatic rings. The fraction of sp³-hybridized carbons (Fsp3) is 0.258. The minimum atomic E-state index is -0.244. The summed E-state index contributed by atoms with van der Waals surface area (Å²) in [6, 6.07) is 24.1. The van der Waals surface area contributed by atoms with Crippen LogP contribution in [0.3, 0.4) is 0 Å². The Morgan fingerprint density at radius 3 is 2.08 bits per heavy atom. The van der Waals surface area contributed by atoms with Gasteiger partial charge in [0.1, 0.15) is 11.5 Å². The minimum absolute atomic E-state index is 0.0751. The first kappa shape index (κ1) is 25.8. The summed E-state index contributed by atoms with van der Waals surface area (Å²) < 4.78 is 10.7. The summed E-state index contributed by atoms with van der Waals surface area (Å²) in [6.45, 7) is 6.56. The van der Waals surface area contributed by atoms with E-state index < -0.39 is 0 Å². The number of aliphatic imine (C=N–C) groups is 1.